The van der Waals surface area contributed by atoms with Crippen molar-refractivity contribution in [3.63, 3.8) is 0 Å². The largest absolute Gasteiger partial charge is 0.242 e. The van der Waals surface area contributed by atoms with Crippen LogP contribution in [0.1, 0.15) is 37.9 Å². The molecule has 0 fully saturated rings. The van der Waals surface area contributed by atoms with E-state index in [4.69, 9.17) is 0 Å². The second-order valence-electron chi connectivity index (χ2n) is 10.1. The molecule has 5 aromatic carbocycles. The van der Waals surface area contributed by atoms with Gasteiger partial charge in [-0.2, -0.15) is 0 Å². The molecule has 2 atom stereocenters. The van der Waals surface area contributed by atoms with Crippen LogP contribution in [0.2, 0.25) is 0 Å². The summed E-state index contributed by atoms with van der Waals surface area (Å²) in [6.07, 6.45) is 0. The molecule has 1 N–H and O–H groups in total. The molecule has 0 aliphatic rings. The Bertz CT molecular complexity index is 1470. The highest BCUT2D eigenvalue weighted by Gasteiger charge is 2.28. The molecule has 0 aromatic heterocycles. The van der Waals surface area contributed by atoms with Crippen LogP contribution < -0.4 is 20.6 Å². The minimum Gasteiger partial charge on any atom is -0.242 e. The Morgan fingerprint density at radius 2 is 1.19 bits per heavy atom. The van der Waals surface area contributed by atoms with Crippen LogP contribution in [-0.2, 0) is 11.0 Å². The van der Waals surface area contributed by atoms with Gasteiger partial charge in [0.05, 0.1) is 21.8 Å². The molecule has 0 radical (unpaired) electrons. The third-order valence-electron chi connectivity index (χ3n) is 6.41. The first-order valence-electron chi connectivity index (χ1n) is 12.6. The molecule has 0 bridgehead atoms. The Labute approximate surface area is 224 Å². The molecule has 0 saturated carbocycles. The van der Waals surface area contributed by atoms with Crippen LogP contribution in [0, 0.1) is 0 Å². The maximum Gasteiger partial charge on any atom is 0.0979 e. The van der Waals surface area contributed by atoms with E-state index in [0.29, 0.717) is 0 Å². The summed E-state index contributed by atoms with van der Waals surface area (Å²) in [4.78, 5) is 0. The van der Waals surface area contributed by atoms with Crippen molar-refractivity contribution in [2.75, 3.05) is 0 Å². The minimum atomic E-state index is -1.26. The second kappa shape index (κ2) is 11.1. The lowest BCUT2D eigenvalue weighted by molar-refractivity contribution is 0.624. The Morgan fingerprint density at radius 1 is 0.649 bits per heavy atom. The molecule has 0 aliphatic heterocycles. The highest BCUT2D eigenvalue weighted by Crippen LogP contribution is 2.37. The van der Waals surface area contributed by atoms with E-state index in [9.17, 15) is 4.21 Å². The van der Waals surface area contributed by atoms with Crippen LogP contribution >= 0.6 is 7.92 Å². The number of hydrogen-bond donors (Lipinski definition) is 1. The van der Waals surface area contributed by atoms with Crippen molar-refractivity contribution in [3.8, 4) is 0 Å². The average Bonchev–Trinajstić information content (AvgIpc) is 2.92. The van der Waals surface area contributed by atoms with Crippen molar-refractivity contribution in [2.24, 2.45) is 0 Å². The average molecular weight is 522 g/mol. The van der Waals surface area contributed by atoms with Gasteiger partial charge in [-0.05, 0) is 72.6 Å². The second-order valence-corrected chi connectivity index (χ2v) is 14.3. The summed E-state index contributed by atoms with van der Waals surface area (Å²) < 4.78 is 16.7. The number of benzene rings is 5. The standard InChI is InChI=1S/C33H32NOPS/c1-33(2,3)37(35)34-32(27-23-22-25-14-10-11-15-26(25)24-27)30-20-12-13-21-31(30)36(28-16-6-4-7-17-28)29-18-8-5-9-19-29/h4-24,32,34H,1-3H3/t32-,37+/m0/s1. The van der Waals surface area contributed by atoms with E-state index in [0.717, 1.165) is 11.1 Å². The fraction of sp³-hybridized carbons (Fsp3) is 0.152. The normalized spacial score (nSPS) is 13.5. The van der Waals surface area contributed by atoms with Gasteiger partial charge in [-0.25, -0.2) is 8.93 Å². The molecule has 0 saturated heterocycles. The van der Waals surface area contributed by atoms with Gasteiger partial charge in [0.15, 0.2) is 0 Å². The van der Waals surface area contributed by atoms with Gasteiger partial charge in [0.1, 0.15) is 0 Å². The van der Waals surface area contributed by atoms with Crippen LogP contribution in [0.15, 0.2) is 127 Å². The Morgan fingerprint density at radius 3 is 1.81 bits per heavy atom. The first-order chi connectivity index (χ1) is 17.9. The molecule has 5 aromatic rings. The van der Waals surface area contributed by atoms with Gasteiger partial charge in [-0.15, -0.1) is 0 Å². The predicted octanol–water partition coefficient (Wildman–Crippen LogP) is 6.74. The van der Waals surface area contributed by atoms with Crippen LogP contribution in [-0.4, -0.2) is 8.96 Å². The first kappa shape index (κ1) is 25.5. The van der Waals surface area contributed by atoms with Gasteiger partial charge in [0.25, 0.3) is 0 Å². The summed E-state index contributed by atoms with van der Waals surface area (Å²) in [5.41, 5.74) is 2.27. The Kier molecular flexibility index (Phi) is 7.67. The molecule has 0 amide bonds. The van der Waals surface area contributed by atoms with Crippen LogP contribution in [0.4, 0.5) is 0 Å². The maximum absolute atomic E-state index is 13.5. The first-order valence-corrected chi connectivity index (χ1v) is 15.1. The van der Waals surface area contributed by atoms with Crippen molar-refractivity contribution in [1.82, 2.24) is 4.72 Å². The molecule has 4 heteroatoms. The molecule has 186 valence electrons. The lowest BCUT2D eigenvalue weighted by Crippen LogP contribution is -2.38. The van der Waals surface area contributed by atoms with Crippen LogP contribution in [0.25, 0.3) is 10.8 Å². The maximum atomic E-state index is 13.5. The molecule has 37 heavy (non-hydrogen) atoms. The molecule has 0 aliphatic carbocycles. The van der Waals surface area contributed by atoms with Gasteiger partial charge in [-0.3, -0.25) is 0 Å². The lowest BCUT2D eigenvalue weighted by Gasteiger charge is -2.29. The molecular weight excluding hydrogens is 489 g/mol. The van der Waals surface area contributed by atoms with E-state index in [1.165, 1.54) is 26.7 Å². The number of rotatable bonds is 7. The smallest absolute Gasteiger partial charge is 0.0979 e. The fourth-order valence-electron chi connectivity index (χ4n) is 4.50. The Balaban J connectivity index is 1.71. The van der Waals surface area contributed by atoms with Gasteiger partial charge in [0, 0.05) is 0 Å². The van der Waals surface area contributed by atoms with Gasteiger partial charge >= 0.3 is 0 Å². The third-order valence-corrected chi connectivity index (χ3v) is 10.5. The number of hydrogen-bond acceptors (Lipinski definition) is 1. The van der Waals surface area contributed by atoms with E-state index < -0.39 is 23.7 Å². The van der Waals surface area contributed by atoms with E-state index in [1.807, 2.05) is 20.8 Å². The summed E-state index contributed by atoms with van der Waals surface area (Å²) in [5, 5.41) is 6.24. The van der Waals surface area contributed by atoms with Crippen LogP contribution in [0.3, 0.4) is 0 Å². The fourth-order valence-corrected chi connectivity index (χ4v) is 7.82. The molecule has 0 unspecified atom stereocenters. The molecule has 0 spiro atoms. The molecule has 0 heterocycles. The van der Waals surface area contributed by atoms with E-state index in [1.54, 1.807) is 0 Å². The molecule has 2 nitrogen and oxygen atoms in total. The van der Waals surface area contributed by atoms with Crippen molar-refractivity contribution >= 4 is 45.6 Å². The van der Waals surface area contributed by atoms with Crippen molar-refractivity contribution in [3.05, 3.63) is 139 Å². The highest BCUT2D eigenvalue weighted by atomic mass is 32.2. The van der Waals surface area contributed by atoms with E-state index in [2.05, 4.69) is 132 Å². The van der Waals surface area contributed by atoms with Crippen molar-refractivity contribution < 1.29 is 4.21 Å². The van der Waals surface area contributed by atoms with Gasteiger partial charge < -0.3 is 0 Å². The number of fused-ring (bicyclic) bond motifs is 1. The zero-order chi connectivity index (χ0) is 25.8. The summed E-state index contributed by atoms with van der Waals surface area (Å²) in [6, 6.07) is 44.9. The number of nitrogens with one attached hydrogen (secondary N) is 1. The molecule has 5 rings (SSSR count). The summed E-state index contributed by atoms with van der Waals surface area (Å²) in [6.45, 7) is 6.04. The van der Waals surface area contributed by atoms with Crippen molar-refractivity contribution in [1.29, 1.82) is 0 Å². The monoisotopic (exact) mass is 521 g/mol. The third kappa shape index (κ3) is 5.75. The van der Waals surface area contributed by atoms with Crippen LogP contribution in [0.5, 0.6) is 0 Å². The SMILES string of the molecule is CC(C)(C)[S@@](=O)N[C@@H](c1ccc2ccccc2c1)c1ccccc1P(c1ccccc1)c1ccccc1. The topological polar surface area (TPSA) is 29.1 Å². The van der Waals surface area contributed by atoms with Gasteiger partial charge in [-0.1, -0.05) is 121 Å². The summed E-state index contributed by atoms with van der Waals surface area (Å²) in [5.74, 6) is 0. The predicted molar refractivity (Wildman–Crippen MR) is 162 cm³/mol. The lowest BCUT2D eigenvalue weighted by atomic mass is 9.97. The molecular formula is C33H32NOPS. The summed E-state index contributed by atoms with van der Waals surface area (Å²) >= 11 is 0. The van der Waals surface area contributed by atoms with Gasteiger partial charge in [0.2, 0.25) is 0 Å². The highest BCUT2D eigenvalue weighted by molar-refractivity contribution is 7.84. The Hall–Kier alpha value is -3.10. The summed E-state index contributed by atoms with van der Waals surface area (Å²) in [7, 11) is -2.07. The van der Waals surface area contributed by atoms with E-state index in [-0.39, 0.29) is 6.04 Å². The minimum absolute atomic E-state index is 0.224. The van der Waals surface area contributed by atoms with Crippen molar-refractivity contribution in [2.45, 2.75) is 31.6 Å². The van der Waals surface area contributed by atoms with E-state index >= 15 is 0 Å². The zero-order valence-electron chi connectivity index (χ0n) is 21.5. The zero-order valence-corrected chi connectivity index (χ0v) is 23.2. The quantitative estimate of drug-likeness (QED) is 0.236.